The lowest BCUT2D eigenvalue weighted by Crippen LogP contribution is -2.26. The molecule has 0 saturated carbocycles. The van der Waals surface area contributed by atoms with E-state index in [2.05, 4.69) is 29.2 Å². The molecule has 138 valence electrons. The summed E-state index contributed by atoms with van der Waals surface area (Å²) in [6.07, 6.45) is 3.40. The number of aryl methyl sites for hydroxylation is 2. The molecule has 0 amide bonds. The first-order valence-electron chi connectivity index (χ1n) is 9.21. The number of hydrogen-bond donors (Lipinski definition) is 0. The number of methoxy groups -OCH3 is 1. The van der Waals surface area contributed by atoms with Crippen LogP contribution in [-0.2, 0) is 17.6 Å². The minimum Gasteiger partial charge on any atom is -0.497 e. The molecule has 26 heavy (non-hydrogen) atoms. The summed E-state index contributed by atoms with van der Waals surface area (Å²) in [6, 6.07) is 16.7. The van der Waals surface area contributed by atoms with Crippen LogP contribution in [0.2, 0.25) is 0 Å². The molecule has 1 heterocycles. The monoisotopic (exact) mass is 353 g/mol. The molecule has 1 fully saturated rings. The first-order chi connectivity index (χ1) is 12.7. The highest BCUT2D eigenvalue weighted by Gasteiger charge is 2.27. The molecule has 3 rings (SSSR count). The van der Waals surface area contributed by atoms with Gasteiger partial charge in [0, 0.05) is 12.5 Å². The van der Waals surface area contributed by atoms with Crippen LogP contribution in [0, 0.1) is 0 Å². The largest absolute Gasteiger partial charge is 0.497 e. The molecule has 1 aliphatic heterocycles. The normalized spacial score (nSPS) is 17.5. The topological polar surface area (TPSA) is 38.8 Å². The molecule has 1 atom stereocenters. The average molecular weight is 353 g/mol. The van der Waals surface area contributed by atoms with Crippen molar-refractivity contribution in [3.8, 4) is 11.5 Å². The molecule has 2 aromatic carbocycles. The van der Waals surface area contributed by atoms with E-state index in [1.165, 1.54) is 11.1 Å². The predicted molar refractivity (Wildman–Crippen MR) is 103 cm³/mol. The zero-order valence-electron chi connectivity index (χ0n) is 15.6. The van der Waals surface area contributed by atoms with Gasteiger partial charge in [0.15, 0.2) is 0 Å². The number of nitrogens with zero attached hydrogens (tertiary/aromatic N) is 1. The Balaban J connectivity index is 1.55. The Morgan fingerprint density at radius 2 is 1.96 bits per heavy atom. The molecule has 0 unspecified atom stereocenters. The number of likely N-dealkylation sites (N-methyl/N-ethyl adjacent to an activating group) is 1. The van der Waals surface area contributed by atoms with Crippen molar-refractivity contribution >= 4 is 5.78 Å². The molecule has 4 nitrogen and oxygen atoms in total. The van der Waals surface area contributed by atoms with E-state index >= 15 is 0 Å². The zero-order chi connectivity index (χ0) is 18.4. The molecule has 4 heteroatoms. The van der Waals surface area contributed by atoms with Gasteiger partial charge in [0.2, 0.25) is 0 Å². The minimum atomic E-state index is 0.312. The molecule has 0 radical (unpaired) electrons. The Morgan fingerprint density at radius 1 is 1.12 bits per heavy atom. The van der Waals surface area contributed by atoms with Gasteiger partial charge in [0.1, 0.15) is 17.3 Å². The molecule has 0 aromatic heterocycles. The molecular formula is C22H27NO3. The maximum Gasteiger partial charge on any atom is 0.148 e. The van der Waals surface area contributed by atoms with Gasteiger partial charge >= 0.3 is 0 Å². The third-order valence-corrected chi connectivity index (χ3v) is 5.01. The van der Waals surface area contributed by atoms with Crippen molar-refractivity contribution in [2.45, 2.75) is 31.7 Å². The number of ketones is 1. The Kier molecular flexibility index (Phi) is 6.29. The van der Waals surface area contributed by atoms with E-state index in [1.807, 2.05) is 31.3 Å². The van der Waals surface area contributed by atoms with Crippen LogP contribution in [0.15, 0.2) is 48.5 Å². The highest BCUT2D eigenvalue weighted by molar-refractivity contribution is 5.83. The molecule has 1 aliphatic rings. The van der Waals surface area contributed by atoms with Crippen LogP contribution in [0.1, 0.15) is 24.0 Å². The number of likely N-dealkylation sites (tertiary alicyclic amines) is 1. The second-order valence-corrected chi connectivity index (χ2v) is 6.91. The van der Waals surface area contributed by atoms with E-state index < -0.39 is 0 Å². The summed E-state index contributed by atoms with van der Waals surface area (Å²) in [5.41, 5.74) is 2.47. The van der Waals surface area contributed by atoms with Gasteiger partial charge < -0.3 is 9.47 Å². The van der Waals surface area contributed by atoms with Crippen LogP contribution in [0.25, 0.3) is 0 Å². The Morgan fingerprint density at radius 3 is 2.73 bits per heavy atom. The fraction of sp³-hybridized carbons (Fsp3) is 0.409. The van der Waals surface area contributed by atoms with Gasteiger partial charge in [-0.15, -0.1) is 0 Å². The summed E-state index contributed by atoms with van der Waals surface area (Å²) in [7, 11) is 3.70. The first-order valence-corrected chi connectivity index (χ1v) is 9.21. The van der Waals surface area contributed by atoms with Crippen molar-refractivity contribution in [2.75, 3.05) is 27.3 Å². The van der Waals surface area contributed by atoms with Crippen molar-refractivity contribution in [3.05, 3.63) is 59.7 Å². The fourth-order valence-electron chi connectivity index (χ4n) is 3.48. The SMILES string of the molecule is COc1cccc(CCc2ccccc2OCC[C@@H]2CC(=O)CN2C)c1. The van der Waals surface area contributed by atoms with Gasteiger partial charge in [-0.2, -0.15) is 0 Å². The van der Waals surface area contributed by atoms with Gasteiger partial charge in [-0.05, 0) is 55.6 Å². The number of benzene rings is 2. The molecule has 2 aromatic rings. The number of carbonyl (C=O) groups excluding carboxylic acids is 1. The minimum absolute atomic E-state index is 0.312. The maximum absolute atomic E-state index is 11.5. The number of rotatable bonds is 8. The molecule has 0 bridgehead atoms. The van der Waals surface area contributed by atoms with Crippen molar-refractivity contribution < 1.29 is 14.3 Å². The van der Waals surface area contributed by atoms with Crippen molar-refractivity contribution in [3.63, 3.8) is 0 Å². The van der Waals surface area contributed by atoms with Crippen LogP contribution in [-0.4, -0.2) is 44.0 Å². The van der Waals surface area contributed by atoms with Crippen LogP contribution in [0.3, 0.4) is 0 Å². The van der Waals surface area contributed by atoms with E-state index in [1.54, 1.807) is 7.11 Å². The van der Waals surface area contributed by atoms with Crippen molar-refractivity contribution in [2.24, 2.45) is 0 Å². The number of Topliss-reactive ketones (excluding diaryl/α,β-unsaturated/α-hetero) is 1. The van der Waals surface area contributed by atoms with E-state index in [0.29, 0.717) is 31.4 Å². The summed E-state index contributed by atoms with van der Waals surface area (Å²) < 4.78 is 11.3. The summed E-state index contributed by atoms with van der Waals surface area (Å²) in [5.74, 6) is 2.17. The third-order valence-electron chi connectivity index (χ3n) is 5.01. The van der Waals surface area contributed by atoms with E-state index in [0.717, 1.165) is 30.8 Å². The number of para-hydroxylation sites is 1. The van der Waals surface area contributed by atoms with E-state index in [9.17, 15) is 4.79 Å². The number of carbonyl (C=O) groups is 1. The van der Waals surface area contributed by atoms with Crippen LogP contribution >= 0.6 is 0 Å². The molecule has 0 N–H and O–H groups in total. The lowest BCUT2D eigenvalue weighted by Gasteiger charge is -2.19. The molecule has 1 saturated heterocycles. The van der Waals surface area contributed by atoms with Gasteiger partial charge in [-0.1, -0.05) is 30.3 Å². The second-order valence-electron chi connectivity index (χ2n) is 6.91. The predicted octanol–water partition coefficient (Wildman–Crippen LogP) is 3.52. The van der Waals surface area contributed by atoms with Crippen molar-refractivity contribution in [1.82, 2.24) is 4.90 Å². The molecule has 0 aliphatic carbocycles. The smallest absolute Gasteiger partial charge is 0.148 e. The summed E-state index contributed by atoms with van der Waals surface area (Å²) in [6.45, 7) is 1.21. The molecular weight excluding hydrogens is 326 g/mol. The van der Waals surface area contributed by atoms with Gasteiger partial charge in [-0.25, -0.2) is 0 Å². The second kappa shape index (κ2) is 8.86. The van der Waals surface area contributed by atoms with E-state index in [-0.39, 0.29) is 0 Å². The lowest BCUT2D eigenvalue weighted by atomic mass is 10.0. The fourth-order valence-corrected chi connectivity index (χ4v) is 3.48. The lowest BCUT2D eigenvalue weighted by molar-refractivity contribution is -0.116. The Labute approximate surface area is 155 Å². The highest BCUT2D eigenvalue weighted by Crippen LogP contribution is 2.22. The number of hydrogen-bond acceptors (Lipinski definition) is 4. The highest BCUT2D eigenvalue weighted by atomic mass is 16.5. The maximum atomic E-state index is 11.5. The zero-order valence-corrected chi connectivity index (χ0v) is 15.6. The Bertz CT molecular complexity index is 744. The number of ether oxygens (including phenoxy) is 2. The van der Waals surface area contributed by atoms with Gasteiger partial charge in [0.05, 0.1) is 20.3 Å². The van der Waals surface area contributed by atoms with Gasteiger partial charge in [0.25, 0.3) is 0 Å². The van der Waals surface area contributed by atoms with Crippen molar-refractivity contribution in [1.29, 1.82) is 0 Å². The Hall–Kier alpha value is -2.33. The quantitative estimate of drug-likeness (QED) is 0.728. The summed E-state index contributed by atoms with van der Waals surface area (Å²) in [4.78, 5) is 13.7. The average Bonchev–Trinajstić information content (AvgIpc) is 2.98. The third kappa shape index (κ3) is 4.85. The summed E-state index contributed by atoms with van der Waals surface area (Å²) >= 11 is 0. The standard InChI is InChI=1S/C22H27NO3/c1-23-16-20(24)15-19(23)12-13-26-22-9-4-3-7-18(22)11-10-17-6-5-8-21(14-17)25-2/h3-9,14,19H,10-13,15-16H2,1-2H3/t19-/m1/s1. The van der Waals surface area contributed by atoms with Gasteiger partial charge in [-0.3, -0.25) is 9.69 Å². The van der Waals surface area contributed by atoms with Crippen LogP contribution in [0.5, 0.6) is 11.5 Å². The van der Waals surface area contributed by atoms with Crippen LogP contribution < -0.4 is 9.47 Å². The summed E-state index contributed by atoms with van der Waals surface area (Å²) in [5, 5.41) is 0. The van der Waals surface area contributed by atoms with E-state index in [4.69, 9.17) is 9.47 Å². The first kappa shape index (κ1) is 18.5. The van der Waals surface area contributed by atoms with Crippen LogP contribution in [0.4, 0.5) is 0 Å². The molecule has 0 spiro atoms.